The highest BCUT2D eigenvalue weighted by Gasteiger charge is 2.48. The zero-order valence-corrected chi connectivity index (χ0v) is 24.2. The smallest absolute Gasteiger partial charge is 0.308 e. The van der Waals surface area contributed by atoms with Crippen LogP contribution in [0.2, 0.25) is 0 Å². The van der Waals surface area contributed by atoms with Crippen molar-refractivity contribution in [1.29, 1.82) is 0 Å². The first-order chi connectivity index (χ1) is 20.4. The molecule has 3 atom stereocenters. The highest BCUT2D eigenvalue weighted by Crippen LogP contribution is 2.54. The van der Waals surface area contributed by atoms with E-state index >= 15 is 0 Å². The lowest BCUT2D eigenvalue weighted by molar-refractivity contribution is -0.142. The summed E-state index contributed by atoms with van der Waals surface area (Å²) in [6, 6.07) is 26.1. The molecule has 3 aromatic carbocycles. The van der Waals surface area contributed by atoms with Crippen LogP contribution >= 0.6 is 0 Å². The van der Waals surface area contributed by atoms with Crippen LogP contribution in [0.15, 0.2) is 78.9 Å². The fraction of sp³-hybridized carbons (Fsp3) is 0.314. The number of nitrogens with zero attached hydrogens (tertiary/aromatic N) is 2. The van der Waals surface area contributed by atoms with Gasteiger partial charge in [0.05, 0.1) is 31.9 Å². The quantitative estimate of drug-likeness (QED) is 0.261. The molecule has 2 aliphatic rings. The summed E-state index contributed by atoms with van der Waals surface area (Å²) >= 11 is 0. The van der Waals surface area contributed by atoms with Gasteiger partial charge in [0.15, 0.2) is 0 Å². The van der Waals surface area contributed by atoms with Gasteiger partial charge in [0.1, 0.15) is 17.3 Å². The fourth-order valence-corrected chi connectivity index (χ4v) is 6.55. The molecule has 0 saturated carbocycles. The minimum Gasteiger partial charge on any atom is -0.497 e. The summed E-state index contributed by atoms with van der Waals surface area (Å²) in [4.78, 5) is 20.7. The summed E-state index contributed by atoms with van der Waals surface area (Å²) in [5, 5.41) is 21.2. The number of aromatic nitrogens is 1. The SMILES string of the molecule is COc1ccc([C@@H]2c3nc(N(Cc4ccccc4)C(C)C)ccc3[C@H](c3ccc4c(c3)OCC4)[C@H]2C(=O)O)c(CO)c1. The van der Waals surface area contributed by atoms with E-state index in [2.05, 4.69) is 43.0 Å². The van der Waals surface area contributed by atoms with Crippen molar-refractivity contribution in [3.63, 3.8) is 0 Å². The number of carbonyl (C=O) groups is 1. The molecule has 7 nitrogen and oxygen atoms in total. The Morgan fingerprint density at radius 2 is 1.81 bits per heavy atom. The molecule has 0 amide bonds. The van der Waals surface area contributed by atoms with Crippen molar-refractivity contribution in [3.05, 3.63) is 118 Å². The first-order valence-electron chi connectivity index (χ1n) is 14.5. The number of hydrogen-bond acceptors (Lipinski definition) is 6. The second kappa shape index (κ2) is 11.5. The van der Waals surface area contributed by atoms with Crippen LogP contribution in [0.5, 0.6) is 11.5 Å². The number of anilines is 1. The highest BCUT2D eigenvalue weighted by atomic mass is 16.5. The van der Waals surface area contributed by atoms with E-state index in [1.54, 1.807) is 13.2 Å². The normalized spacial score (nSPS) is 18.8. The third-order valence-corrected chi connectivity index (χ3v) is 8.62. The molecule has 0 radical (unpaired) electrons. The minimum atomic E-state index is -0.907. The van der Waals surface area contributed by atoms with Gasteiger partial charge < -0.3 is 24.6 Å². The number of rotatable bonds is 9. The summed E-state index contributed by atoms with van der Waals surface area (Å²) in [5.41, 5.74) is 6.19. The highest BCUT2D eigenvalue weighted by molar-refractivity contribution is 5.78. The second-order valence-corrected chi connectivity index (χ2v) is 11.4. The van der Waals surface area contributed by atoms with E-state index in [9.17, 15) is 15.0 Å². The van der Waals surface area contributed by atoms with E-state index in [-0.39, 0.29) is 12.6 Å². The number of carboxylic acid groups (broad SMARTS) is 1. The Hall–Kier alpha value is -4.36. The Kier molecular flexibility index (Phi) is 7.60. The second-order valence-electron chi connectivity index (χ2n) is 11.4. The number of benzene rings is 3. The third kappa shape index (κ3) is 4.98. The number of fused-ring (bicyclic) bond motifs is 2. The van der Waals surface area contributed by atoms with Crippen molar-refractivity contribution in [3.8, 4) is 11.5 Å². The lowest BCUT2D eigenvalue weighted by atomic mass is 9.78. The third-order valence-electron chi connectivity index (χ3n) is 8.62. The monoisotopic (exact) mass is 564 g/mol. The Morgan fingerprint density at radius 3 is 2.52 bits per heavy atom. The molecule has 2 heterocycles. The molecule has 1 aromatic heterocycles. The molecule has 0 bridgehead atoms. The molecule has 0 spiro atoms. The molecule has 1 aliphatic carbocycles. The van der Waals surface area contributed by atoms with Crippen LogP contribution in [0.1, 0.15) is 64.8 Å². The van der Waals surface area contributed by atoms with Gasteiger partial charge >= 0.3 is 5.97 Å². The topological polar surface area (TPSA) is 92.1 Å². The maximum absolute atomic E-state index is 13.2. The van der Waals surface area contributed by atoms with Gasteiger partial charge in [-0.15, -0.1) is 0 Å². The number of ether oxygens (including phenoxy) is 2. The summed E-state index contributed by atoms with van der Waals surface area (Å²) in [7, 11) is 1.58. The van der Waals surface area contributed by atoms with Gasteiger partial charge in [-0.3, -0.25) is 4.79 Å². The van der Waals surface area contributed by atoms with Crippen LogP contribution in [0, 0.1) is 5.92 Å². The fourth-order valence-electron chi connectivity index (χ4n) is 6.55. The summed E-state index contributed by atoms with van der Waals surface area (Å²) in [6.45, 7) is 5.33. The van der Waals surface area contributed by atoms with Gasteiger partial charge in [-0.05, 0) is 71.5 Å². The van der Waals surface area contributed by atoms with Crippen molar-refractivity contribution in [2.45, 2.75) is 51.3 Å². The molecule has 0 saturated heterocycles. The Morgan fingerprint density at radius 1 is 1.02 bits per heavy atom. The molecule has 4 aromatic rings. The van der Waals surface area contributed by atoms with Crippen LogP contribution in [-0.2, 0) is 24.4 Å². The zero-order chi connectivity index (χ0) is 29.4. The van der Waals surface area contributed by atoms with Crippen LogP contribution in [0.25, 0.3) is 0 Å². The Balaban J connectivity index is 1.53. The summed E-state index contributed by atoms with van der Waals surface area (Å²) < 4.78 is 11.3. The van der Waals surface area contributed by atoms with Gasteiger partial charge in [-0.1, -0.05) is 54.6 Å². The number of aliphatic hydroxyl groups excluding tert-OH is 1. The van der Waals surface area contributed by atoms with Crippen molar-refractivity contribution >= 4 is 11.8 Å². The average molecular weight is 565 g/mol. The van der Waals surface area contributed by atoms with E-state index in [0.717, 1.165) is 45.9 Å². The lowest BCUT2D eigenvalue weighted by Gasteiger charge is -2.29. The van der Waals surface area contributed by atoms with E-state index in [1.165, 1.54) is 5.56 Å². The summed E-state index contributed by atoms with van der Waals surface area (Å²) in [6.07, 6.45) is 0.852. The number of aliphatic carboxylic acids is 1. The maximum atomic E-state index is 13.2. The van der Waals surface area contributed by atoms with Crippen LogP contribution in [0.3, 0.4) is 0 Å². The standard InChI is InChI=1S/C35H36N2O5/c1-21(2)37(19-22-7-5-4-6-8-22)30-14-13-28-31(24-10-9-23-15-16-42-29(23)18-24)33(35(39)40)32(34(28)36-30)27-12-11-26(41-3)17-25(27)20-38/h4-14,17-18,21,31-33,38H,15-16,19-20H2,1-3H3,(H,39,40)/t31-,32-,33+/m0/s1. The minimum absolute atomic E-state index is 0.157. The summed E-state index contributed by atoms with van der Waals surface area (Å²) in [5.74, 6) is -0.530. The van der Waals surface area contributed by atoms with Crippen molar-refractivity contribution < 1.29 is 24.5 Å². The van der Waals surface area contributed by atoms with Gasteiger partial charge in [0.25, 0.3) is 0 Å². The van der Waals surface area contributed by atoms with E-state index in [1.807, 2.05) is 48.5 Å². The number of aliphatic hydroxyl groups is 1. The van der Waals surface area contributed by atoms with Gasteiger partial charge in [0.2, 0.25) is 0 Å². The van der Waals surface area contributed by atoms with Gasteiger partial charge in [-0.25, -0.2) is 4.98 Å². The lowest BCUT2D eigenvalue weighted by Crippen LogP contribution is -2.31. The number of pyridine rings is 1. The first kappa shape index (κ1) is 27.8. The maximum Gasteiger partial charge on any atom is 0.308 e. The van der Waals surface area contributed by atoms with Crippen molar-refractivity contribution in [2.24, 2.45) is 5.92 Å². The van der Waals surface area contributed by atoms with Crippen LogP contribution in [0.4, 0.5) is 5.82 Å². The predicted molar refractivity (Wildman–Crippen MR) is 161 cm³/mol. The molecular weight excluding hydrogens is 528 g/mol. The molecular formula is C35H36N2O5. The number of carboxylic acids is 1. The molecule has 1 aliphatic heterocycles. The van der Waals surface area contributed by atoms with Crippen molar-refractivity contribution in [1.82, 2.24) is 4.98 Å². The van der Waals surface area contributed by atoms with E-state index < -0.39 is 23.7 Å². The molecule has 42 heavy (non-hydrogen) atoms. The van der Waals surface area contributed by atoms with Crippen LogP contribution in [-0.4, -0.2) is 40.9 Å². The van der Waals surface area contributed by atoms with E-state index in [0.29, 0.717) is 24.5 Å². The predicted octanol–water partition coefficient (Wildman–Crippen LogP) is 5.91. The van der Waals surface area contributed by atoms with E-state index in [4.69, 9.17) is 14.5 Å². The number of methoxy groups -OCH3 is 1. The number of hydrogen-bond donors (Lipinski definition) is 2. The largest absolute Gasteiger partial charge is 0.497 e. The molecule has 6 rings (SSSR count). The molecule has 7 heteroatoms. The molecule has 0 unspecified atom stereocenters. The molecule has 0 fully saturated rings. The molecule has 216 valence electrons. The average Bonchev–Trinajstić information content (AvgIpc) is 3.61. The Labute approximate surface area is 246 Å². The first-order valence-corrected chi connectivity index (χ1v) is 14.5. The Bertz CT molecular complexity index is 1600. The van der Waals surface area contributed by atoms with Gasteiger partial charge in [0, 0.05) is 30.8 Å². The van der Waals surface area contributed by atoms with Crippen LogP contribution < -0.4 is 14.4 Å². The van der Waals surface area contributed by atoms with Crippen molar-refractivity contribution in [2.75, 3.05) is 18.6 Å². The zero-order valence-electron chi connectivity index (χ0n) is 24.2. The molecule has 2 N–H and O–H groups in total. The van der Waals surface area contributed by atoms with Gasteiger partial charge in [-0.2, -0.15) is 0 Å².